The van der Waals surface area contributed by atoms with Crippen molar-refractivity contribution in [1.82, 2.24) is 0 Å². The molecule has 0 amide bonds. The number of esters is 1. The van der Waals surface area contributed by atoms with Crippen molar-refractivity contribution < 1.29 is 29.0 Å². The molecule has 1 N–H and O–H groups in total. The van der Waals surface area contributed by atoms with Gasteiger partial charge in [-0.1, -0.05) is 36.4 Å². The van der Waals surface area contributed by atoms with Gasteiger partial charge in [0, 0.05) is 23.1 Å². The third kappa shape index (κ3) is 4.54. The third-order valence-corrected chi connectivity index (χ3v) is 5.81. The molecule has 6 heteroatoms. The van der Waals surface area contributed by atoms with Gasteiger partial charge in [-0.15, -0.1) is 6.58 Å². The van der Waals surface area contributed by atoms with E-state index in [-0.39, 0.29) is 29.3 Å². The quantitative estimate of drug-likeness (QED) is 0.420. The molecule has 1 heterocycles. The number of fused-ring (bicyclic) bond motifs is 1. The van der Waals surface area contributed by atoms with Gasteiger partial charge in [0.25, 0.3) is 0 Å². The standard InChI is InChI=1S/C25H28O6/c1-6-25(5,29)13-9-10-15(2)23(28)30-19-14-18-20(26)16-11-7-8-12-17(16)21(27)22(18)31-24(19,3)4/h6-8,10-12,19,29H,1,9,13-14H2,2-5H3/b15-10+/t19-,25?/m1/s1. The molecule has 3 rings (SSSR count). The fourth-order valence-electron chi connectivity index (χ4n) is 3.63. The van der Waals surface area contributed by atoms with Gasteiger partial charge in [0.2, 0.25) is 5.78 Å². The van der Waals surface area contributed by atoms with Gasteiger partial charge in [0.15, 0.2) is 11.5 Å². The zero-order valence-corrected chi connectivity index (χ0v) is 18.4. The average molecular weight is 424 g/mol. The fourth-order valence-corrected chi connectivity index (χ4v) is 3.63. The number of carbonyl (C=O) groups excluding carboxylic acids is 3. The van der Waals surface area contributed by atoms with Gasteiger partial charge in [0.1, 0.15) is 11.7 Å². The van der Waals surface area contributed by atoms with Crippen molar-refractivity contribution in [3.8, 4) is 0 Å². The largest absolute Gasteiger partial charge is 0.479 e. The van der Waals surface area contributed by atoms with Gasteiger partial charge in [0.05, 0.1) is 11.2 Å². The second kappa shape index (κ2) is 8.27. The van der Waals surface area contributed by atoms with Crippen LogP contribution in [0.5, 0.6) is 0 Å². The van der Waals surface area contributed by atoms with Crippen LogP contribution in [-0.4, -0.2) is 39.9 Å². The number of ether oxygens (including phenoxy) is 2. The van der Waals surface area contributed by atoms with Crippen LogP contribution in [0.25, 0.3) is 0 Å². The molecule has 0 spiro atoms. The van der Waals surface area contributed by atoms with Crippen molar-refractivity contribution >= 4 is 17.5 Å². The van der Waals surface area contributed by atoms with Crippen molar-refractivity contribution in [2.24, 2.45) is 0 Å². The molecule has 0 saturated heterocycles. The number of benzene rings is 1. The summed E-state index contributed by atoms with van der Waals surface area (Å²) in [6.45, 7) is 10.3. The first-order valence-electron chi connectivity index (χ1n) is 10.3. The SMILES string of the molecule is C=CC(C)(O)CC/C=C(\C)C(=O)O[C@@H]1CC2=C(OC1(C)C)C(=O)c1ccccc1C2=O. The first-order chi connectivity index (χ1) is 14.5. The van der Waals surface area contributed by atoms with Crippen LogP contribution in [-0.2, 0) is 14.3 Å². The van der Waals surface area contributed by atoms with Gasteiger partial charge in [-0.2, -0.15) is 0 Å². The minimum Gasteiger partial charge on any atom is -0.479 e. The molecule has 1 aliphatic heterocycles. The molecular weight excluding hydrogens is 396 g/mol. The predicted octanol–water partition coefficient (Wildman–Crippen LogP) is 4.09. The first kappa shape index (κ1) is 22.7. The first-order valence-corrected chi connectivity index (χ1v) is 10.3. The summed E-state index contributed by atoms with van der Waals surface area (Å²) in [7, 11) is 0. The summed E-state index contributed by atoms with van der Waals surface area (Å²) in [6.07, 6.45) is 3.43. The van der Waals surface area contributed by atoms with Gasteiger partial charge < -0.3 is 14.6 Å². The van der Waals surface area contributed by atoms with Gasteiger partial charge in [-0.05, 0) is 40.5 Å². The maximum Gasteiger partial charge on any atom is 0.333 e. The summed E-state index contributed by atoms with van der Waals surface area (Å²) < 4.78 is 11.6. The molecule has 31 heavy (non-hydrogen) atoms. The molecule has 6 nitrogen and oxygen atoms in total. The van der Waals surface area contributed by atoms with Crippen molar-refractivity contribution in [3.63, 3.8) is 0 Å². The normalized spacial score (nSPS) is 22.1. The van der Waals surface area contributed by atoms with E-state index in [0.29, 0.717) is 29.5 Å². The van der Waals surface area contributed by atoms with Gasteiger partial charge >= 0.3 is 5.97 Å². The number of hydrogen-bond acceptors (Lipinski definition) is 6. The Labute approximate surface area is 182 Å². The van der Waals surface area contributed by atoms with E-state index < -0.39 is 23.3 Å². The van der Waals surface area contributed by atoms with E-state index in [4.69, 9.17) is 9.47 Å². The Morgan fingerprint density at radius 2 is 1.90 bits per heavy atom. The van der Waals surface area contributed by atoms with Gasteiger partial charge in [-0.3, -0.25) is 9.59 Å². The van der Waals surface area contributed by atoms with E-state index in [1.165, 1.54) is 6.08 Å². The number of aliphatic hydroxyl groups is 1. The number of hydrogen-bond donors (Lipinski definition) is 1. The number of allylic oxidation sites excluding steroid dienone is 2. The molecule has 0 bridgehead atoms. The predicted molar refractivity (Wildman–Crippen MR) is 116 cm³/mol. The molecule has 2 aliphatic rings. The lowest BCUT2D eigenvalue weighted by Gasteiger charge is -2.40. The molecule has 0 fully saturated rings. The summed E-state index contributed by atoms with van der Waals surface area (Å²) in [5, 5.41) is 9.99. The average Bonchev–Trinajstić information content (AvgIpc) is 2.72. The maximum atomic E-state index is 13.0. The van der Waals surface area contributed by atoms with E-state index in [1.807, 2.05) is 0 Å². The third-order valence-electron chi connectivity index (χ3n) is 5.81. The lowest BCUT2D eigenvalue weighted by Crippen LogP contribution is -2.48. The van der Waals surface area contributed by atoms with E-state index in [2.05, 4.69) is 6.58 Å². The number of rotatable bonds is 6. The molecule has 1 aliphatic carbocycles. The van der Waals surface area contributed by atoms with Crippen LogP contribution in [0.4, 0.5) is 0 Å². The van der Waals surface area contributed by atoms with Crippen molar-refractivity contribution in [2.75, 3.05) is 0 Å². The smallest absolute Gasteiger partial charge is 0.333 e. The summed E-state index contributed by atoms with van der Waals surface area (Å²) in [4.78, 5) is 38.5. The minimum atomic E-state index is -1.01. The molecule has 2 atom stereocenters. The van der Waals surface area contributed by atoms with Crippen molar-refractivity contribution in [2.45, 2.75) is 64.3 Å². The topological polar surface area (TPSA) is 89.9 Å². The molecule has 0 aromatic heterocycles. The highest BCUT2D eigenvalue weighted by Gasteiger charge is 2.47. The highest BCUT2D eigenvalue weighted by atomic mass is 16.6. The second-order valence-electron chi connectivity index (χ2n) is 8.80. The molecule has 1 aromatic rings. The summed E-state index contributed by atoms with van der Waals surface area (Å²) in [6, 6.07) is 6.64. The van der Waals surface area contributed by atoms with Crippen LogP contribution >= 0.6 is 0 Å². The molecule has 0 saturated carbocycles. The Hall–Kier alpha value is -2.99. The zero-order valence-electron chi connectivity index (χ0n) is 18.4. The number of carbonyl (C=O) groups is 3. The van der Waals surface area contributed by atoms with Crippen LogP contribution in [0.2, 0.25) is 0 Å². The maximum absolute atomic E-state index is 13.0. The van der Waals surface area contributed by atoms with E-state index in [0.717, 1.165) is 0 Å². The zero-order chi connectivity index (χ0) is 23.0. The molecule has 164 valence electrons. The lowest BCUT2D eigenvalue weighted by atomic mass is 9.81. The molecule has 1 aromatic carbocycles. The molecule has 1 unspecified atom stereocenters. The van der Waals surface area contributed by atoms with Crippen LogP contribution in [0.15, 0.2) is 59.9 Å². The van der Waals surface area contributed by atoms with Crippen LogP contribution < -0.4 is 0 Å². The molecule has 0 radical (unpaired) electrons. The summed E-state index contributed by atoms with van der Waals surface area (Å²) in [5.74, 6) is -1.09. The van der Waals surface area contributed by atoms with Crippen LogP contribution in [0.3, 0.4) is 0 Å². The Morgan fingerprint density at radius 3 is 2.52 bits per heavy atom. The highest BCUT2D eigenvalue weighted by Crippen LogP contribution is 2.40. The summed E-state index contributed by atoms with van der Waals surface area (Å²) in [5.41, 5.74) is -0.691. The van der Waals surface area contributed by atoms with Gasteiger partial charge in [-0.25, -0.2) is 4.79 Å². The van der Waals surface area contributed by atoms with Crippen LogP contribution in [0, 0.1) is 0 Å². The second-order valence-corrected chi connectivity index (χ2v) is 8.80. The lowest BCUT2D eigenvalue weighted by molar-refractivity contribution is -0.161. The Bertz CT molecular complexity index is 1010. The Morgan fingerprint density at radius 1 is 1.29 bits per heavy atom. The summed E-state index contributed by atoms with van der Waals surface area (Å²) >= 11 is 0. The highest BCUT2D eigenvalue weighted by molar-refractivity contribution is 6.26. The van der Waals surface area contributed by atoms with Crippen LogP contribution in [0.1, 0.15) is 67.7 Å². The number of ketones is 2. The van der Waals surface area contributed by atoms with E-state index in [1.54, 1.807) is 58.0 Å². The monoisotopic (exact) mass is 424 g/mol. The minimum absolute atomic E-state index is 0.0416. The number of Topliss-reactive ketones (excluding diaryl/α,β-unsaturated/α-hetero) is 2. The molecular formula is C25H28O6. The van der Waals surface area contributed by atoms with E-state index >= 15 is 0 Å². The van der Waals surface area contributed by atoms with Crippen molar-refractivity contribution in [1.29, 1.82) is 0 Å². The fraction of sp³-hybridized carbons (Fsp3) is 0.400. The Balaban J connectivity index is 1.77. The van der Waals surface area contributed by atoms with E-state index in [9.17, 15) is 19.5 Å². The Kier molecular flexibility index (Phi) is 6.05. The van der Waals surface area contributed by atoms with Crippen molar-refractivity contribution in [3.05, 3.63) is 71.0 Å².